The fourth-order valence-electron chi connectivity index (χ4n) is 4.69. The third-order valence-electron chi connectivity index (χ3n) is 6.63. The normalized spacial score (nSPS) is 16.6. The van der Waals surface area contributed by atoms with E-state index in [1.807, 2.05) is 42.6 Å². The van der Waals surface area contributed by atoms with Crippen molar-refractivity contribution >= 4 is 5.97 Å². The van der Waals surface area contributed by atoms with Gasteiger partial charge in [0, 0.05) is 25.2 Å². The molecule has 0 N–H and O–H groups in total. The van der Waals surface area contributed by atoms with Crippen LogP contribution in [0.3, 0.4) is 0 Å². The first-order chi connectivity index (χ1) is 17.5. The van der Waals surface area contributed by atoms with Crippen LogP contribution in [0.4, 0.5) is 0 Å². The first-order valence-electron chi connectivity index (χ1n) is 12.0. The van der Waals surface area contributed by atoms with E-state index < -0.39 is 0 Å². The van der Waals surface area contributed by atoms with Crippen molar-refractivity contribution in [1.82, 2.24) is 4.90 Å². The molecule has 1 unspecified atom stereocenters. The van der Waals surface area contributed by atoms with Crippen LogP contribution in [0.1, 0.15) is 33.7 Å². The zero-order chi connectivity index (χ0) is 25.7. The number of rotatable bonds is 7. The van der Waals surface area contributed by atoms with Gasteiger partial charge >= 0.3 is 5.97 Å². The smallest absolute Gasteiger partial charge is 0.336 e. The van der Waals surface area contributed by atoms with Gasteiger partial charge in [-0.15, -0.1) is 0 Å². The lowest BCUT2D eigenvalue weighted by molar-refractivity contribution is -0.136. The second kappa shape index (κ2) is 11.2. The molecular weight excluding hydrogens is 454 g/mol. The summed E-state index contributed by atoms with van der Waals surface area (Å²) in [5.41, 5.74) is 5.99. The summed E-state index contributed by atoms with van der Waals surface area (Å²) in [5, 5.41) is 0. The first kappa shape index (κ1) is 25.2. The summed E-state index contributed by atoms with van der Waals surface area (Å²) in [6, 6.07) is 20.3. The zero-order valence-electron chi connectivity index (χ0n) is 21.5. The van der Waals surface area contributed by atoms with E-state index in [0.717, 1.165) is 35.4 Å². The molecule has 0 radical (unpaired) electrons. The molecule has 0 fully saturated rings. The summed E-state index contributed by atoms with van der Waals surface area (Å²) in [7, 11) is 6.32. The molecule has 1 aliphatic heterocycles. The quantitative estimate of drug-likeness (QED) is 0.424. The average molecular weight is 488 g/mol. The summed E-state index contributed by atoms with van der Waals surface area (Å²) in [6.07, 6.45) is 2.74. The monoisotopic (exact) mass is 487 g/mol. The van der Waals surface area contributed by atoms with E-state index in [9.17, 15) is 4.79 Å². The number of ether oxygens (including phenoxy) is 4. The van der Waals surface area contributed by atoms with Crippen molar-refractivity contribution < 1.29 is 23.7 Å². The molecule has 0 saturated carbocycles. The van der Waals surface area contributed by atoms with Crippen LogP contribution >= 0.6 is 0 Å². The maximum absolute atomic E-state index is 13.3. The molecule has 1 atom stereocenters. The highest BCUT2D eigenvalue weighted by atomic mass is 16.5. The summed E-state index contributed by atoms with van der Waals surface area (Å²) in [5.74, 6) is 1.31. The fourth-order valence-corrected chi connectivity index (χ4v) is 4.69. The van der Waals surface area contributed by atoms with Crippen molar-refractivity contribution in [3.8, 4) is 17.2 Å². The molecule has 0 spiro atoms. The standard InChI is InChI=1S/C30H33NO5/c1-20-6-8-21(9-7-20)18-31-15-14-23-16-27(34-3)28(35-4)17-25(23)29(26(19-31)30(32)36-5)22-10-12-24(33-2)13-11-22/h6-13,16-17,19,29H,14-15,18H2,1-5H3/b26-19+. The molecule has 0 bridgehead atoms. The van der Waals surface area contributed by atoms with E-state index in [4.69, 9.17) is 18.9 Å². The number of hydrogen-bond donors (Lipinski definition) is 0. The highest BCUT2D eigenvalue weighted by Crippen LogP contribution is 2.42. The molecule has 0 aromatic heterocycles. The first-order valence-corrected chi connectivity index (χ1v) is 12.0. The van der Waals surface area contributed by atoms with Gasteiger partial charge in [0.2, 0.25) is 0 Å². The molecule has 0 aliphatic carbocycles. The average Bonchev–Trinajstić information content (AvgIpc) is 2.91. The van der Waals surface area contributed by atoms with E-state index in [1.54, 1.807) is 21.3 Å². The molecule has 1 aliphatic rings. The molecule has 0 amide bonds. The van der Waals surface area contributed by atoms with Crippen LogP contribution in [0, 0.1) is 6.92 Å². The lowest BCUT2D eigenvalue weighted by Crippen LogP contribution is -2.27. The van der Waals surface area contributed by atoms with Crippen LogP contribution in [0.2, 0.25) is 0 Å². The van der Waals surface area contributed by atoms with E-state index in [2.05, 4.69) is 36.1 Å². The number of carbonyl (C=O) groups excluding carboxylic acids is 1. The van der Waals surface area contributed by atoms with Gasteiger partial charge in [-0.1, -0.05) is 42.0 Å². The van der Waals surface area contributed by atoms with E-state index in [0.29, 0.717) is 23.6 Å². The predicted molar refractivity (Wildman–Crippen MR) is 140 cm³/mol. The number of benzene rings is 3. The van der Waals surface area contributed by atoms with Gasteiger partial charge in [-0.3, -0.25) is 0 Å². The number of carbonyl (C=O) groups is 1. The Morgan fingerprint density at radius 1 is 0.889 bits per heavy atom. The second-order valence-corrected chi connectivity index (χ2v) is 8.89. The summed E-state index contributed by atoms with van der Waals surface area (Å²) >= 11 is 0. The van der Waals surface area contributed by atoms with Gasteiger partial charge in [0.15, 0.2) is 11.5 Å². The number of esters is 1. The topological polar surface area (TPSA) is 57.2 Å². The Kier molecular flexibility index (Phi) is 7.84. The molecule has 1 heterocycles. The fraction of sp³-hybridized carbons (Fsp3) is 0.300. The van der Waals surface area contributed by atoms with Gasteiger partial charge < -0.3 is 23.8 Å². The Balaban J connectivity index is 1.89. The van der Waals surface area contributed by atoms with E-state index >= 15 is 0 Å². The lowest BCUT2D eigenvalue weighted by atomic mass is 9.81. The van der Waals surface area contributed by atoms with Gasteiger partial charge in [-0.05, 0) is 59.9 Å². The van der Waals surface area contributed by atoms with Crippen LogP contribution in [0.5, 0.6) is 17.2 Å². The summed E-state index contributed by atoms with van der Waals surface area (Å²) in [6.45, 7) is 3.48. The Hall–Kier alpha value is -3.93. The Bertz CT molecular complexity index is 1230. The number of aryl methyl sites for hydroxylation is 1. The highest BCUT2D eigenvalue weighted by molar-refractivity contribution is 5.91. The summed E-state index contributed by atoms with van der Waals surface area (Å²) in [4.78, 5) is 15.5. The molecule has 4 rings (SSSR count). The van der Waals surface area contributed by atoms with Gasteiger partial charge in [-0.2, -0.15) is 0 Å². The maximum atomic E-state index is 13.3. The molecule has 3 aromatic rings. The second-order valence-electron chi connectivity index (χ2n) is 8.89. The van der Waals surface area contributed by atoms with Gasteiger partial charge in [-0.25, -0.2) is 4.79 Å². The molecule has 3 aromatic carbocycles. The molecule has 188 valence electrons. The largest absolute Gasteiger partial charge is 0.497 e. The maximum Gasteiger partial charge on any atom is 0.336 e. The van der Waals surface area contributed by atoms with Crippen molar-refractivity contribution in [2.24, 2.45) is 0 Å². The molecular formula is C30H33NO5. The summed E-state index contributed by atoms with van der Waals surface area (Å²) < 4.78 is 21.9. The number of methoxy groups -OCH3 is 4. The number of fused-ring (bicyclic) bond motifs is 1. The molecule has 36 heavy (non-hydrogen) atoms. The minimum atomic E-state index is -0.368. The van der Waals surface area contributed by atoms with Crippen LogP contribution in [0.25, 0.3) is 0 Å². The van der Waals surface area contributed by atoms with Crippen LogP contribution < -0.4 is 14.2 Å². The van der Waals surface area contributed by atoms with Gasteiger partial charge in [0.1, 0.15) is 5.75 Å². The van der Waals surface area contributed by atoms with Crippen LogP contribution in [-0.2, 0) is 22.5 Å². The van der Waals surface area contributed by atoms with Gasteiger partial charge in [0.05, 0.1) is 34.0 Å². The molecule has 6 heteroatoms. The third-order valence-corrected chi connectivity index (χ3v) is 6.63. The Morgan fingerprint density at radius 2 is 1.56 bits per heavy atom. The molecule has 6 nitrogen and oxygen atoms in total. The van der Waals surface area contributed by atoms with Crippen molar-refractivity contribution in [2.75, 3.05) is 35.0 Å². The number of nitrogens with zero attached hydrogens (tertiary/aromatic N) is 1. The minimum Gasteiger partial charge on any atom is -0.497 e. The Morgan fingerprint density at radius 3 is 2.17 bits per heavy atom. The predicted octanol–water partition coefficient (Wildman–Crippen LogP) is 5.27. The number of hydrogen-bond acceptors (Lipinski definition) is 6. The van der Waals surface area contributed by atoms with Gasteiger partial charge in [0.25, 0.3) is 0 Å². The third kappa shape index (κ3) is 5.33. The van der Waals surface area contributed by atoms with E-state index in [-0.39, 0.29) is 11.9 Å². The van der Waals surface area contributed by atoms with Crippen molar-refractivity contribution in [1.29, 1.82) is 0 Å². The zero-order valence-corrected chi connectivity index (χ0v) is 21.5. The Labute approximate surface area is 213 Å². The van der Waals surface area contributed by atoms with Crippen LogP contribution in [-0.4, -0.2) is 45.9 Å². The van der Waals surface area contributed by atoms with Crippen molar-refractivity contribution in [3.63, 3.8) is 0 Å². The van der Waals surface area contributed by atoms with E-state index in [1.165, 1.54) is 18.2 Å². The molecule has 0 saturated heterocycles. The highest BCUT2D eigenvalue weighted by Gasteiger charge is 2.31. The SMILES string of the molecule is COC(=O)/C1=C/N(Cc2ccc(C)cc2)CCc2cc(OC)c(OC)cc2C1c1ccc(OC)cc1. The lowest BCUT2D eigenvalue weighted by Gasteiger charge is -2.31. The van der Waals surface area contributed by atoms with Crippen molar-refractivity contribution in [2.45, 2.75) is 25.8 Å². The van der Waals surface area contributed by atoms with Crippen LogP contribution in [0.15, 0.2) is 72.4 Å². The minimum absolute atomic E-state index is 0.362. The van der Waals surface area contributed by atoms with Crippen molar-refractivity contribution in [3.05, 3.63) is 100 Å².